The normalized spacial score (nSPS) is 14.3. The second-order valence-electron chi connectivity index (χ2n) is 10.5. The average molecular weight is 553 g/mol. The Bertz CT molecular complexity index is 1460. The van der Waals surface area contributed by atoms with E-state index in [9.17, 15) is 4.79 Å². The molecule has 3 aromatic carbocycles. The maximum atomic E-state index is 12.3. The first-order valence-corrected chi connectivity index (χ1v) is 14.1. The lowest BCUT2D eigenvalue weighted by atomic mass is 9.97. The van der Waals surface area contributed by atoms with E-state index in [4.69, 9.17) is 15.2 Å². The van der Waals surface area contributed by atoms with Crippen LogP contribution in [0.5, 0.6) is 0 Å². The molecule has 1 heterocycles. The van der Waals surface area contributed by atoms with Gasteiger partial charge in [0.15, 0.2) is 0 Å². The first-order valence-electron chi connectivity index (χ1n) is 14.1. The predicted molar refractivity (Wildman–Crippen MR) is 161 cm³/mol. The van der Waals surface area contributed by atoms with Crippen LogP contribution in [0.1, 0.15) is 56.6 Å². The summed E-state index contributed by atoms with van der Waals surface area (Å²) in [5.41, 5.74) is 13.6. The molecule has 0 saturated heterocycles. The van der Waals surface area contributed by atoms with Crippen molar-refractivity contribution in [1.29, 1.82) is 0 Å². The van der Waals surface area contributed by atoms with Crippen molar-refractivity contribution in [2.45, 2.75) is 64.2 Å². The summed E-state index contributed by atoms with van der Waals surface area (Å²) in [7, 11) is 0. The molecule has 1 aromatic heterocycles. The Morgan fingerprint density at radius 1 is 1.05 bits per heavy atom. The van der Waals surface area contributed by atoms with E-state index in [0.717, 1.165) is 64.8 Å². The number of aromatic amines is 1. The molecule has 0 radical (unpaired) electrons. The standard InChI is InChI=1S/C32H36N6O3/c1-21(19-22(2)40-32(39)41-25-9-4-3-5-10-25)26-13-8-14-29(33)30(26)34-20-23-15-17-24(18-16-23)27-11-6-7-12-28(27)31-35-37-38-36-31/h6-8,11-18,22,25,34H,1,3-5,9-10,19-20,33H2,2H3,(H,35,36,37,38). The van der Waals surface area contributed by atoms with Gasteiger partial charge in [-0.1, -0.05) is 73.7 Å². The fraction of sp³-hybridized carbons (Fsp3) is 0.312. The number of H-pyrrole nitrogens is 1. The smallest absolute Gasteiger partial charge is 0.431 e. The van der Waals surface area contributed by atoms with Crippen LogP contribution in [0.25, 0.3) is 28.1 Å². The molecule has 1 aliphatic carbocycles. The van der Waals surface area contributed by atoms with Gasteiger partial charge in [0.2, 0.25) is 5.82 Å². The van der Waals surface area contributed by atoms with Crippen LogP contribution in [0, 0.1) is 0 Å². The van der Waals surface area contributed by atoms with E-state index in [1.165, 1.54) is 6.42 Å². The van der Waals surface area contributed by atoms with Gasteiger partial charge in [-0.25, -0.2) is 4.79 Å². The number of hydrogen-bond donors (Lipinski definition) is 3. The summed E-state index contributed by atoms with van der Waals surface area (Å²) in [6.45, 7) is 6.70. The molecule has 212 valence electrons. The number of tetrazole rings is 1. The minimum Gasteiger partial charge on any atom is -0.431 e. The Morgan fingerprint density at radius 2 is 1.80 bits per heavy atom. The Kier molecular flexibility index (Phi) is 8.93. The Labute approximate surface area is 240 Å². The monoisotopic (exact) mass is 552 g/mol. The summed E-state index contributed by atoms with van der Waals surface area (Å²) in [6.07, 6.45) is 4.64. The first kappa shape index (κ1) is 27.9. The zero-order chi connectivity index (χ0) is 28.6. The van der Waals surface area contributed by atoms with Gasteiger partial charge in [-0.05, 0) is 66.2 Å². The second-order valence-corrected chi connectivity index (χ2v) is 10.5. The molecule has 9 heteroatoms. The zero-order valence-corrected chi connectivity index (χ0v) is 23.3. The van der Waals surface area contributed by atoms with E-state index < -0.39 is 6.16 Å². The van der Waals surface area contributed by atoms with E-state index in [2.05, 4.69) is 56.8 Å². The highest BCUT2D eigenvalue weighted by atomic mass is 16.7. The Balaban J connectivity index is 1.21. The van der Waals surface area contributed by atoms with Gasteiger partial charge in [0.1, 0.15) is 12.2 Å². The number of nitrogens with zero attached hydrogens (tertiary/aromatic N) is 3. The van der Waals surface area contributed by atoms with Gasteiger partial charge in [0, 0.05) is 24.1 Å². The number of nitrogen functional groups attached to an aromatic ring is 1. The summed E-state index contributed by atoms with van der Waals surface area (Å²) in [4.78, 5) is 12.3. The summed E-state index contributed by atoms with van der Waals surface area (Å²) >= 11 is 0. The van der Waals surface area contributed by atoms with Crippen LogP contribution in [0.15, 0.2) is 73.3 Å². The Morgan fingerprint density at radius 3 is 2.54 bits per heavy atom. The molecular weight excluding hydrogens is 516 g/mol. The molecule has 0 bridgehead atoms. The second kappa shape index (κ2) is 13.1. The number of carbonyl (C=O) groups is 1. The highest BCUT2D eigenvalue weighted by Gasteiger charge is 2.21. The number of anilines is 2. The molecule has 0 amide bonds. The number of benzene rings is 3. The van der Waals surface area contributed by atoms with Crippen molar-refractivity contribution in [3.8, 4) is 22.5 Å². The van der Waals surface area contributed by atoms with Crippen LogP contribution < -0.4 is 11.1 Å². The van der Waals surface area contributed by atoms with Gasteiger partial charge < -0.3 is 20.5 Å². The fourth-order valence-corrected chi connectivity index (χ4v) is 5.27. The molecule has 1 aliphatic rings. The average Bonchev–Trinajstić information content (AvgIpc) is 3.52. The van der Waals surface area contributed by atoms with Crippen molar-refractivity contribution in [2.24, 2.45) is 0 Å². The minimum atomic E-state index is -0.605. The lowest BCUT2D eigenvalue weighted by Crippen LogP contribution is -2.24. The van der Waals surface area contributed by atoms with Crippen LogP contribution in [-0.2, 0) is 16.0 Å². The molecule has 4 N–H and O–H groups in total. The van der Waals surface area contributed by atoms with Crippen molar-refractivity contribution < 1.29 is 14.3 Å². The molecule has 9 nitrogen and oxygen atoms in total. The number of nitrogens with two attached hydrogens (primary N) is 1. The topological polar surface area (TPSA) is 128 Å². The number of hydrogen-bond acceptors (Lipinski definition) is 8. The molecule has 4 aromatic rings. The van der Waals surface area contributed by atoms with E-state index in [1.807, 2.05) is 49.4 Å². The number of para-hydroxylation sites is 1. The van der Waals surface area contributed by atoms with E-state index >= 15 is 0 Å². The van der Waals surface area contributed by atoms with E-state index in [0.29, 0.717) is 24.5 Å². The van der Waals surface area contributed by atoms with Crippen LogP contribution in [0.3, 0.4) is 0 Å². The quantitative estimate of drug-likeness (QED) is 0.142. The third kappa shape index (κ3) is 7.11. The molecule has 1 atom stereocenters. The van der Waals surface area contributed by atoms with Crippen LogP contribution in [0.2, 0.25) is 0 Å². The molecule has 1 saturated carbocycles. The molecule has 0 spiro atoms. The van der Waals surface area contributed by atoms with Gasteiger partial charge in [-0.3, -0.25) is 0 Å². The van der Waals surface area contributed by atoms with Gasteiger partial charge in [-0.15, -0.1) is 10.2 Å². The van der Waals surface area contributed by atoms with Crippen molar-refractivity contribution in [2.75, 3.05) is 11.1 Å². The molecule has 5 rings (SSSR count). The van der Waals surface area contributed by atoms with Gasteiger partial charge >= 0.3 is 6.16 Å². The molecule has 1 unspecified atom stereocenters. The number of carbonyl (C=O) groups excluding carboxylic acids is 1. The first-order chi connectivity index (χ1) is 20.0. The maximum absolute atomic E-state index is 12.3. The molecular formula is C32H36N6O3. The number of rotatable bonds is 10. The molecule has 1 fully saturated rings. The summed E-state index contributed by atoms with van der Waals surface area (Å²) in [5, 5.41) is 18.0. The molecule has 41 heavy (non-hydrogen) atoms. The van der Waals surface area contributed by atoms with Crippen molar-refractivity contribution >= 4 is 23.1 Å². The van der Waals surface area contributed by atoms with Crippen LogP contribution in [0.4, 0.5) is 16.2 Å². The third-order valence-corrected chi connectivity index (χ3v) is 7.37. The lowest BCUT2D eigenvalue weighted by molar-refractivity contribution is -0.00571. The van der Waals surface area contributed by atoms with Gasteiger partial charge in [0.25, 0.3) is 0 Å². The Hall–Kier alpha value is -4.66. The third-order valence-electron chi connectivity index (χ3n) is 7.37. The van der Waals surface area contributed by atoms with Crippen LogP contribution in [-0.4, -0.2) is 39.0 Å². The SMILES string of the molecule is C=C(CC(C)OC(=O)OC1CCCCC1)c1cccc(N)c1NCc1ccc(-c2ccccc2-c2nn[nH]n2)cc1. The van der Waals surface area contributed by atoms with Crippen molar-refractivity contribution in [1.82, 2.24) is 20.6 Å². The van der Waals surface area contributed by atoms with E-state index in [1.54, 1.807) is 0 Å². The number of aromatic nitrogens is 4. The van der Waals surface area contributed by atoms with Crippen LogP contribution >= 0.6 is 0 Å². The maximum Gasteiger partial charge on any atom is 0.508 e. The predicted octanol–water partition coefficient (Wildman–Crippen LogP) is 7.01. The summed E-state index contributed by atoms with van der Waals surface area (Å²) in [6, 6.07) is 22.0. The van der Waals surface area contributed by atoms with Gasteiger partial charge in [-0.2, -0.15) is 5.21 Å². The highest BCUT2D eigenvalue weighted by molar-refractivity contribution is 5.83. The number of ether oxygens (including phenoxy) is 2. The lowest BCUT2D eigenvalue weighted by Gasteiger charge is -2.23. The minimum absolute atomic E-state index is 0.0364. The number of nitrogens with one attached hydrogen (secondary N) is 2. The zero-order valence-electron chi connectivity index (χ0n) is 23.3. The van der Waals surface area contributed by atoms with Crippen molar-refractivity contribution in [3.63, 3.8) is 0 Å². The van der Waals surface area contributed by atoms with Gasteiger partial charge in [0.05, 0.1) is 11.4 Å². The largest absolute Gasteiger partial charge is 0.508 e. The van der Waals surface area contributed by atoms with Crippen molar-refractivity contribution in [3.05, 3.63) is 84.4 Å². The molecule has 0 aliphatic heterocycles. The summed E-state index contributed by atoms with van der Waals surface area (Å²) in [5.74, 6) is 0.555. The van der Waals surface area contributed by atoms with E-state index in [-0.39, 0.29) is 12.2 Å². The fourth-order valence-electron chi connectivity index (χ4n) is 5.27. The highest BCUT2D eigenvalue weighted by Crippen LogP contribution is 2.33. The summed E-state index contributed by atoms with van der Waals surface area (Å²) < 4.78 is 11.0.